The molecule has 6 nitrogen and oxygen atoms in total. The molecule has 156 valence electrons. The molecule has 1 atom stereocenters. The summed E-state index contributed by atoms with van der Waals surface area (Å²) in [5.74, 6) is -1.29. The predicted octanol–water partition coefficient (Wildman–Crippen LogP) is 2.91. The first-order valence-electron chi connectivity index (χ1n) is 8.79. The fourth-order valence-corrected chi connectivity index (χ4v) is 3.84. The lowest BCUT2D eigenvalue weighted by Gasteiger charge is -2.16. The van der Waals surface area contributed by atoms with Crippen LogP contribution < -0.4 is 11.3 Å². The van der Waals surface area contributed by atoms with Crippen molar-refractivity contribution in [1.29, 1.82) is 0 Å². The second-order valence-corrected chi connectivity index (χ2v) is 7.95. The van der Waals surface area contributed by atoms with Crippen molar-refractivity contribution in [1.82, 2.24) is 4.57 Å². The topological polar surface area (TPSA) is 105 Å². The Balaban J connectivity index is 2.27. The number of rotatable bonds is 6. The molecule has 0 radical (unpaired) electrons. The van der Waals surface area contributed by atoms with Crippen molar-refractivity contribution in [3.63, 3.8) is 0 Å². The van der Waals surface area contributed by atoms with Crippen LogP contribution in [0.1, 0.15) is 27.0 Å². The van der Waals surface area contributed by atoms with Crippen molar-refractivity contribution in [2.24, 2.45) is 12.8 Å². The molecule has 1 heterocycles. The second-order valence-electron chi connectivity index (χ2n) is 6.65. The van der Waals surface area contributed by atoms with Crippen LogP contribution in [0.2, 0.25) is 5.02 Å². The fourth-order valence-electron chi connectivity index (χ4n) is 3.14. The van der Waals surface area contributed by atoms with Gasteiger partial charge in [-0.15, -0.1) is 0 Å². The lowest BCUT2D eigenvalue weighted by atomic mass is 9.91. The van der Waals surface area contributed by atoms with E-state index in [4.69, 9.17) is 17.3 Å². The van der Waals surface area contributed by atoms with Gasteiger partial charge in [0, 0.05) is 48.3 Å². The van der Waals surface area contributed by atoms with Gasteiger partial charge in [-0.3, -0.25) is 13.8 Å². The van der Waals surface area contributed by atoms with E-state index in [9.17, 15) is 22.7 Å². The first kappa shape index (κ1) is 22.0. The molecular formula is C21H17ClFN2O4S-. The highest BCUT2D eigenvalue weighted by Gasteiger charge is 2.20. The van der Waals surface area contributed by atoms with Crippen LogP contribution in [0, 0.1) is 5.82 Å². The van der Waals surface area contributed by atoms with Crippen molar-refractivity contribution >= 4 is 28.5 Å². The van der Waals surface area contributed by atoms with E-state index in [0.29, 0.717) is 22.3 Å². The summed E-state index contributed by atoms with van der Waals surface area (Å²) in [6.07, 6.45) is 1.54. The number of ketones is 1. The van der Waals surface area contributed by atoms with E-state index in [0.717, 1.165) is 12.1 Å². The highest BCUT2D eigenvalue weighted by molar-refractivity contribution is 7.78. The third kappa shape index (κ3) is 4.57. The van der Waals surface area contributed by atoms with Crippen molar-refractivity contribution in [3.05, 3.63) is 92.1 Å². The molecule has 0 aliphatic heterocycles. The lowest BCUT2D eigenvalue weighted by Crippen LogP contribution is -2.18. The summed E-state index contributed by atoms with van der Waals surface area (Å²) < 4.78 is 37.1. The van der Waals surface area contributed by atoms with Crippen molar-refractivity contribution < 1.29 is 17.9 Å². The van der Waals surface area contributed by atoms with Crippen LogP contribution in [0.3, 0.4) is 0 Å². The number of pyridine rings is 1. The van der Waals surface area contributed by atoms with Crippen molar-refractivity contribution in [3.8, 4) is 11.1 Å². The molecule has 2 N–H and O–H groups in total. The minimum absolute atomic E-state index is 0.0358. The zero-order valence-electron chi connectivity index (χ0n) is 15.9. The highest BCUT2D eigenvalue weighted by Crippen LogP contribution is 2.31. The summed E-state index contributed by atoms with van der Waals surface area (Å²) >= 11 is 3.74. The predicted molar refractivity (Wildman–Crippen MR) is 112 cm³/mol. The maximum Gasteiger partial charge on any atom is 0.250 e. The number of aryl methyl sites for hydroxylation is 1. The largest absolute Gasteiger partial charge is 0.772 e. The normalized spacial score (nSPS) is 12.0. The van der Waals surface area contributed by atoms with Gasteiger partial charge in [-0.25, -0.2) is 4.39 Å². The zero-order valence-corrected chi connectivity index (χ0v) is 17.4. The summed E-state index contributed by atoms with van der Waals surface area (Å²) in [6, 6.07) is 9.41. The molecule has 0 saturated heterocycles. The third-order valence-corrected chi connectivity index (χ3v) is 5.49. The van der Waals surface area contributed by atoms with Gasteiger partial charge >= 0.3 is 0 Å². The van der Waals surface area contributed by atoms with Gasteiger partial charge in [-0.05, 0) is 41.0 Å². The van der Waals surface area contributed by atoms with Gasteiger partial charge < -0.3 is 14.9 Å². The monoisotopic (exact) mass is 447 g/mol. The summed E-state index contributed by atoms with van der Waals surface area (Å²) in [4.78, 5) is 25.2. The molecule has 3 aromatic rings. The fraction of sp³-hybridized carbons (Fsp3) is 0.143. The Hall–Kier alpha value is -2.65. The lowest BCUT2D eigenvalue weighted by molar-refractivity contribution is 0.103. The summed E-state index contributed by atoms with van der Waals surface area (Å²) in [7, 11) is 1.56. The minimum atomic E-state index is -2.33. The molecule has 0 aliphatic rings. The number of halogens is 2. The van der Waals surface area contributed by atoms with Crippen LogP contribution in [-0.4, -0.2) is 19.1 Å². The van der Waals surface area contributed by atoms with Crippen LogP contribution in [0.4, 0.5) is 4.39 Å². The van der Waals surface area contributed by atoms with E-state index in [1.54, 1.807) is 19.3 Å². The minimum Gasteiger partial charge on any atom is -0.772 e. The highest BCUT2D eigenvalue weighted by atomic mass is 35.5. The molecular weight excluding hydrogens is 431 g/mol. The van der Waals surface area contributed by atoms with E-state index in [2.05, 4.69) is 0 Å². The Bertz CT molecular complexity index is 1230. The molecule has 0 amide bonds. The average Bonchev–Trinajstić information content (AvgIpc) is 2.68. The standard InChI is InChI=1S/C21H18ClFN2O4S/c1-25-10-18(13(9-24)7-20(25)26)17-6-12(11-30(28)29)2-4-15(17)21(27)16-5-3-14(23)8-19(16)22/h2-8,10H,9,11,24H2,1H3,(H,28,29)/p-1. The first-order chi connectivity index (χ1) is 14.2. The Morgan fingerprint density at radius 1 is 1.17 bits per heavy atom. The maximum atomic E-state index is 13.4. The van der Waals surface area contributed by atoms with Crippen molar-refractivity contribution in [2.75, 3.05) is 0 Å². The SMILES string of the molecule is Cn1cc(-c2cc(CS(=O)[O-])ccc2C(=O)c2ccc(F)cc2Cl)c(CN)cc1=O. The zero-order chi connectivity index (χ0) is 22.0. The number of hydrogen-bond donors (Lipinski definition) is 1. The maximum absolute atomic E-state index is 13.4. The van der Waals surface area contributed by atoms with Gasteiger partial charge in [-0.2, -0.15) is 0 Å². The second kappa shape index (κ2) is 9.01. The van der Waals surface area contributed by atoms with Gasteiger partial charge in [0.15, 0.2) is 5.78 Å². The molecule has 30 heavy (non-hydrogen) atoms. The van der Waals surface area contributed by atoms with E-state index >= 15 is 0 Å². The number of carbonyl (C=O) groups excluding carboxylic acids is 1. The number of nitrogens with zero attached hydrogens (tertiary/aromatic N) is 1. The molecule has 9 heteroatoms. The molecule has 0 aliphatic carbocycles. The molecule has 3 rings (SSSR count). The molecule has 0 spiro atoms. The molecule has 0 fully saturated rings. The van der Waals surface area contributed by atoms with E-state index in [1.165, 1.54) is 28.8 Å². The molecule has 0 saturated carbocycles. The number of aromatic nitrogens is 1. The quantitative estimate of drug-likeness (QED) is 0.462. The van der Waals surface area contributed by atoms with Crippen LogP contribution in [-0.2, 0) is 30.4 Å². The summed E-state index contributed by atoms with van der Waals surface area (Å²) in [5, 5.41) is -0.0461. The van der Waals surface area contributed by atoms with Gasteiger partial charge in [0.05, 0.1) is 5.02 Å². The van der Waals surface area contributed by atoms with Crippen LogP contribution in [0.15, 0.2) is 53.5 Å². The Morgan fingerprint density at radius 3 is 2.50 bits per heavy atom. The molecule has 1 unspecified atom stereocenters. The number of carbonyl (C=O) groups is 1. The molecule has 0 bridgehead atoms. The van der Waals surface area contributed by atoms with E-state index in [-0.39, 0.29) is 34.0 Å². The van der Waals surface area contributed by atoms with E-state index in [1.807, 2.05) is 0 Å². The van der Waals surface area contributed by atoms with Crippen LogP contribution in [0.25, 0.3) is 11.1 Å². The Kier molecular flexibility index (Phi) is 6.62. The Labute approximate surface area is 179 Å². The number of nitrogens with two attached hydrogens (primary N) is 1. The van der Waals surface area contributed by atoms with E-state index < -0.39 is 22.7 Å². The Morgan fingerprint density at radius 2 is 1.87 bits per heavy atom. The first-order valence-corrected chi connectivity index (χ1v) is 10.4. The van der Waals surface area contributed by atoms with Crippen LogP contribution in [0.5, 0.6) is 0 Å². The van der Waals surface area contributed by atoms with Crippen LogP contribution >= 0.6 is 11.6 Å². The third-order valence-electron chi connectivity index (χ3n) is 4.61. The van der Waals surface area contributed by atoms with Gasteiger partial charge in [-0.1, -0.05) is 34.8 Å². The molecule has 1 aromatic heterocycles. The smallest absolute Gasteiger partial charge is 0.250 e. The number of benzene rings is 2. The van der Waals surface area contributed by atoms with Gasteiger partial charge in [0.1, 0.15) is 5.82 Å². The summed E-state index contributed by atoms with van der Waals surface area (Å²) in [5.41, 5.74) is 7.72. The summed E-state index contributed by atoms with van der Waals surface area (Å²) in [6.45, 7) is 0.0358. The number of hydrogen-bond acceptors (Lipinski definition) is 5. The van der Waals surface area contributed by atoms with Gasteiger partial charge in [0.25, 0.3) is 5.56 Å². The molecule has 2 aromatic carbocycles. The van der Waals surface area contributed by atoms with Crippen molar-refractivity contribution in [2.45, 2.75) is 12.3 Å². The average molecular weight is 448 g/mol. The van der Waals surface area contributed by atoms with Gasteiger partial charge in [0.2, 0.25) is 0 Å².